The predicted molar refractivity (Wildman–Crippen MR) is 62.1 cm³/mol. The third kappa shape index (κ3) is 6.42. The first-order valence-corrected chi connectivity index (χ1v) is 5.97. The minimum atomic E-state index is -5.73. The lowest BCUT2D eigenvalue weighted by molar-refractivity contribution is -0.255. The Bertz CT molecular complexity index is 547. The number of amides is 2. The Balaban J connectivity index is 2.66. The van der Waals surface area contributed by atoms with Crippen LogP contribution in [0.3, 0.4) is 0 Å². The van der Waals surface area contributed by atoms with Gasteiger partial charge in [0.25, 0.3) is 0 Å². The zero-order chi connectivity index (χ0) is 18.5. The zero-order valence-corrected chi connectivity index (χ0v) is 11.4. The number of halogens is 8. The molecule has 0 aliphatic carbocycles. The Morgan fingerprint density at radius 1 is 1.17 bits per heavy atom. The summed E-state index contributed by atoms with van der Waals surface area (Å²) >= 11 is 0. The molecule has 13 heteroatoms. The van der Waals surface area contributed by atoms with E-state index < -0.39 is 43.5 Å². The molecular formula is C11H9F8N3O2. The van der Waals surface area contributed by atoms with Gasteiger partial charge in [0.15, 0.2) is 0 Å². The Morgan fingerprint density at radius 3 is 2.25 bits per heavy atom. The predicted octanol–water partition coefficient (Wildman–Crippen LogP) is 2.98. The summed E-state index contributed by atoms with van der Waals surface area (Å²) in [5.41, 5.74) is 0.0615. The highest BCUT2D eigenvalue weighted by atomic mass is 19.4. The van der Waals surface area contributed by atoms with Crippen molar-refractivity contribution in [3.63, 3.8) is 0 Å². The number of hydrogen-bond acceptors (Lipinski definition) is 3. The fourth-order valence-electron chi connectivity index (χ4n) is 1.43. The summed E-state index contributed by atoms with van der Waals surface area (Å²) in [6.07, 6.45) is -10.5. The van der Waals surface area contributed by atoms with Gasteiger partial charge in [0.05, 0.1) is 0 Å². The number of carbonyl (C=O) groups is 1. The molecule has 0 saturated carbocycles. The first kappa shape index (κ1) is 19.7. The monoisotopic (exact) mass is 367 g/mol. The van der Waals surface area contributed by atoms with E-state index in [-0.39, 0.29) is 5.56 Å². The van der Waals surface area contributed by atoms with Crippen LogP contribution in [0.5, 0.6) is 5.88 Å². The Labute approximate surface area is 129 Å². The lowest BCUT2D eigenvalue weighted by Crippen LogP contribution is -2.56. The molecule has 1 aromatic rings. The van der Waals surface area contributed by atoms with Gasteiger partial charge in [-0.3, -0.25) is 0 Å². The van der Waals surface area contributed by atoms with Gasteiger partial charge in [-0.15, -0.1) is 0 Å². The summed E-state index contributed by atoms with van der Waals surface area (Å²) in [6.45, 7) is -3.72. The molecule has 1 aromatic heterocycles. The number of carbonyl (C=O) groups excluding carboxylic acids is 1. The second-order valence-electron chi connectivity index (χ2n) is 4.22. The van der Waals surface area contributed by atoms with Crippen molar-refractivity contribution in [2.45, 2.75) is 31.6 Å². The van der Waals surface area contributed by atoms with E-state index in [0.29, 0.717) is 0 Å². The van der Waals surface area contributed by atoms with Gasteiger partial charge in [0, 0.05) is 18.8 Å². The van der Waals surface area contributed by atoms with Gasteiger partial charge >= 0.3 is 25.0 Å². The van der Waals surface area contributed by atoms with Crippen molar-refractivity contribution in [2.75, 3.05) is 0 Å². The standard InChI is InChI=1S/C11H9F8N3O2/c12-8(13)24-6-3-5(1-2-20-6)4-21-9(23)22-7(10(14,15)16)11(17,18)19/h1-3,7-8H,4H2,(H2,21,22,23). The van der Waals surface area contributed by atoms with Crippen molar-refractivity contribution in [1.82, 2.24) is 15.6 Å². The number of urea groups is 1. The molecule has 136 valence electrons. The van der Waals surface area contributed by atoms with Crippen LogP contribution in [-0.2, 0) is 6.54 Å². The van der Waals surface area contributed by atoms with E-state index in [4.69, 9.17) is 0 Å². The van der Waals surface area contributed by atoms with Crippen molar-refractivity contribution < 1.29 is 44.7 Å². The van der Waals surface area contributed by atoms with Crippen molar-refractivity contribution >= 4 is 6.03 Å². The number of alkyl halides is 8. The molecule has 1 heterocycles. The van der Waals surface area contributed by atoms with E-state index in [1.165, 1.54) is 6.07 Å². The fraction of sp³-hybridized carbons (Fsp3) is 0.455. The molecule has 0 spiro atoms. The van der Waals surface area contributed by atoms with E-state index in [0.717, 1.165) is 17.6 Å². The maximum atomic E-state index is 12.3. The maximum Gasteiger partial charge on any atom is 0.417 e. The van der Waals surface area contributed by atoms with E-state index in [2.05, 4.69) is 9.72 Å². The molecule has 0 fully saturated rings. The highest BCUT2D eigenvalue weighted by Gasteiger charge is 2.57. The summed E-state index contributed by atoms with van der Waals surface area (Å²) in [5.74, 6) is -0.534. The van der Waals surface area contributed by atoms with Gasteiger partial charge in [0.1, 0.15) is 0 Å². The Kier molecular flexibility index (Phi) is 6.15. The minimum Gasteiger partial charge on any atom is -0.417 e. The van der Waals surface area contributed by atoms with Gasteiger partial charge in [-0.05, 0) is 11.6 Å². The second kappa shape index (κ2) is 7.49. The highest BCUT2D eigenvalue weighted by molar-refractivity contribution is 5.74. The van der Waals surface area contributed by atoms with Gasteiger partial charge < -0.3 is 15.4 Å². The number of rotatable bonds is 5. The molecule has 2 N–H and O–H groups in total. The summed E-state index contributed by atoms with van der Waals surface area (Å²) in [7, 11) is 0. The number of nitrogens with zero attached hydrogens (tertiary/aromatic N) is 1. The molecule has 0 unspecified atom stereocenters. The molecule has 0 aliphatic rings. The van der Waals surface area contributed by atoms with Gasteiger partial charge in [-0.2, -0.15) is 35.1 Å². The second-order valence-corrected chi connectivity index (χ2v) is 4.22. The van der Waals surface area contributed by atoms with Gasteiger partial charge in [-0.25, -0.2) is 9.78 Å². The highest BCUT2D eigenvalue weighted by Crippen LogP contribution is 2.33. The van der Waals surface area contributed by atoms with Crippen molar-refractivity contribution in [3.05, 3.63) is 23.9 Å². The minimum absolute atomic E-state index is 0.0615. The average molecular weight is 367 g/mol. The first-order chi connectivity index (χ1) is 10.9. The topological polar surface area (TPSA) is 63.2 Å². The Hall–Kier alpha value is -2.34. The van der Waals surface area contributed by atoms with Crippen molar-refractivity contribution in [1.29, 1.82) is 0 Å². The first-order valence-electron chi connectivity index (χ1n) is 5.97. The molecular weight excluding hydrogens is 358 g/mol. The van der Waals surface area contributed by atoms with Gasteiger partial charge in [0.2, 0.25) is 11.9 Å². The smallest absolute Gasteiger partial charge is 0.417 e. The summed E-state index contributed by atoms with van der Waals surface area (Å²) in [5, 5.41) is 2.48. The normalized spacial score (nSPS) is 12.4. The summed E-state index contributed by atoms with van der Waals surface area (Å²) in [6, 6.07) is -3.68. The van der Waals surface area contributed by atoms with Gasteiger partial charge in [-0.1, -0.05) is 0 Å². The molecule has 0 radical (unpaired) electrons. The van der Waals surface area contributed by atoms with E-state index in [1.807, 2.05) is 0 Å². The average Bonchev–Trinajstić information content (AvgIpc) is 2.39. The van der Waals surface area contributed by atoms with E-state index in [9.17, 15) is 39.9 Å². The molecule has 5 nitrogen and oxygen atoms in total. The van der Waals surface area contributed by atoms with Crippen LogP contribution in [0.15, 0.2) is 18.3 Å². The maximum absolute atomic E-state index is 12.3. The number of ether oxygens (including phenoxy) is 1. The number of aromatic nitrogens is 1. The quantitative estimate of drug-likeness (QED) is 0.787. The van der Waals surface area contributed by atoms with Crippen LogP contribution < -0.4 is 15.4 Å². The molecule has 0 aliphatic heterocycles. The van der Waals surface area contributed by atoms with E-state index in [1.54, 1.807) is 5.32 Å². The largest absolute Gasteiger partial charge is 0.417 e. The van der Waals surface area contributed by atoms with Crippen molar-refractivity contribution in [3.8, 4) is 5.88 Å². The third-order valence-electron chi connectivity index (χ3n) is 2.39. The fourth-order valence-corrected chi connectivity index (χ4v) is 1.43. The Morgan fingerprint density at radius 2 is 1.75 bits per heavy atom. The van der Waals surface area contributed by atoms with Crippen LogP contribution >= 0.6 is 0 Å². The van der Waals surface area contributed by atoms with Crippen LogP contribution in [0.1, 0.15) is 5.56 Å². The zero-order valence-electron chi connectivity index (χ0n) is 11.4. The lowest BCUT2D eigenvalue weighted by Gasteiger charge is -2.23. The number of pyridine rings is 1. The molecule has 1 rings (SSSR count). The van der Waals surface area contributed by atoms with Crippen LogP contribution in [0.25, 0.3) is 0 Å². The summed E-state index contributed by atoms with van der Waals surface area (Å²) in [4.78, 5) is 14.6. The van der Waals surface area contributed by atoms with Crippen LogP contribution in [0, 0.1) is 0 Å². The van der Waals surface area contributed by atoms with Crippen LogP contribution in [0.4, 0.5) is 39.9 Å². The SMILES string of the molecule is O=C(NCc1ccnc(OC(F)F)c1)NC(C(F)(F)F)C(F)(F)F. The van der Waals surface area contributed by atoms with Crippen LogP contribution in [0.2, 0.25) is 0 Å². The molecule has 0 bridgehead atoms. The van der Waals surface area contributed by atoms with Crippen LogP contribution in [-0.4, -0.2) is 36.0 Å². The molecule has 0 aromatic carbocycles. The number of hydrogen-bond donors (Lipinski definition) is 2. The molecule has 24 heavy (non-hydrogen) atoms. The third-order valence-corrected chi connectivity index (χ3v) is 2.39. The molecule has 2 amide bonds. The molecule has 0 atom stereocenters. The summed E-state index contributed by atoms with van der Waals surface area (Å²) < 4.78 is 101. The number of nitrogens with one attached hydrogen (secondary N) is 2. The molecule has 0 saturated heterocycles. The van der Waals surface area contributed by atoms with E-state index >= 15 is 0 Å². The van der Waals surface area contributed by atoms with Crippen molar-refractivity contribution in [2.24, 2.45) is 0 Å². The lowest BCUT2D eigenvalue weighted by atomic mass is 10.2.